The molecule has 2 N–H and O–H groups in total. The Bertz CT molecular complexity index is 581. The van der Waals surface area contributed by atoms with Crippen LogP contribution < -0.4 is 10.6 Å². The molecule has 0 radical (unpaired) electrons. The van der Waals surface area contributed by atoms with Crippen LogP contribution in [0.5, 0.6) is 0 Å². The lowest BCUT2D eigenvalue weighted by atomic mass is 9.85. The maximum absolute atomic E-state index is 12.6. The van der Waals surface area contributed by atoms with Gasteiger partial charge in [-0.05, 0) is 30.1 Å². The molecule has 6 nitrogen and oxygen atoms in total. The molecule has 146 valence electrons. The lowest BCUT2D eigenvalue weighted by Crippen LogP contribution is -2.44. The molecule has 3 rings (SSSR count). The van der Waals surface area contributed by atoms with Gasteiger partial charge in [0.15, 0.2) is 5.96 Å². The number of aliphatic imine (C=N–C) groups is 1. The fourth-order valence-electron chi connectivity index (χ4n) is 4.25. The topological polar surface area (TPSA) is 73.8 Å². The van der Waals surface area contributed by atoms with Gasteiger partial charge in [0, 0.05) is 26.7 Å². The van der Waals surface area contributed by atoms with Crippen molar-refractivity contribution in [2.75, 3.05) is 26.7 Å². The Morgan fingerprint density at radius 2 is 1.65 bits per heavy atom. The first-order valence-corrected chi connectivity index (χ1v) is 9.30. The molecule has 2 amide bonds. The van der Waals surface area contributed by atoms with Gasteiger partial charge in [-0.15, -0.1) is 24.0 Å². The average Bonchev–Trinajstić information content (AvgIpc) is 3.21. The summed E-state index contributed by atoms with van der Waals surface area (Å²) in [7, 11) is 1.73. The first kappa shape index (κ1) is 21.2. The summed E-state index contributed by atoms with van der Waals surface area (Å²) < 4.78 is 0. The smallest absolute Gasteiger partial charge is 0.233 e. The number of carbonyl (C=O) groups excluding carboxylic acids is 2. The third-order valence-corrected chi connectivity index (χ3v) is 5.58. The fraction of sp³-hybridized carbons (Fsp3) is 0.737. The second-order valence-electron chi connectivity index (χ2n) is 8.56. The number of amides is 2. The Morgan fingerprint density at radius 3 is 2.15 bits per heavy atom. The molecule has 2 aliphatic carbocycles. The highest BCUT2D eigenvalue weighted by Crippen LogP contribution is 2.52. The summed E-state index contributed by atoms with van der Waals surface area (Å²) in [5.74, 6) is 1.09. The van der Waals surface area contributed by atoms with Gasteiger partial charge >= 0.3 is 0 Å². The van der Waals surface area contributed by atoms with E-state index in [0.29, 0.717) is 19.0 Å². The molecule has 3 aliphatic rings. The predicted octanol–water partition coefficient (Wildman–Crippen LogP) is 2.01. The minimum Gasteiger partial charge on any atom is -0.356 e. The Hall–Kier alpha value is -1.12. The van der Waals surface area contributed by atoms with Crippen LogP contribution >= 0.6 is 24.0 Å². The summed E-state index contributed by atoms with van der Waals surface area (Å²) in [6.45, 7) is 8.37. The van der Waals surface area contributed by atoms with Crippen molar-refractivity contribution in [3.63, 3.8) is 0 Å². The molecule has 4 atom stereocenters. The molecule has 1 heterocycles. The van der Waals surface area contributed by atoms with Crippen molar-refractivity contribution in [3.8, 4) is 0 Å². The van der Waals surface area contributed by atoms with Crippen molar-refractivity contribution in [1.82, 2.24) is 15.5 Å². The SMILES string of the molecule is CN=C(NCCN1C(=O)C2C3C=CC(C3)C2C1=O)NCCC(C)(C)C.I. The summed E-state index contributed by atoms with van der Waals surface area (Å²) in [4.78, 5) is 30.9. The van der Waals surface area contributed by atoms with E-state index in [1.807, 2.05) is 0 Å². The van der Waals surface area contributed by atoms with Gasteiger partial charge < -0.3 is 10.6 Å². The van der Waals surface area contributed by atoms with E-state index in [2.05, 4.69) is 48.5 Å². The van der Waals surface area contributed by atoms with Crippen LogP contribution in [0.2, 0.25) is 0 Å². The van der Waals surface area contributed by atoms with Crippen LogP contribution in [-0.2, 0) is 9.59 Å². The average molecular weight is 474 g/mol. The van der Waals surface area contributed by atoms with Crippen LogP contribution in [0.4, 0.5) is 0 Å². The Labute approximate surface area is 173 Å². The van der Waals surface area contributed by atoms with Gasteiger partial charge in [-0.2, -0.15) is 0 Å². The lowest BCUT2D eigenvalue weighted by molar-refractivity contribution is -0.140. The number of imide groups is 1. The molecule has 2 bridgehead atoms. The van der Waals surface area contributed by atoms with E-state index in [4.69, 9.17) is 0 Å². The third-order valence-electron chi connectivity index (χ3n) is 5.58. The zero-order valence-corrected chi connectivity index (χ0v) is 18.4. The quantitative estimate of drug-likeness (QED) is 0.210. The summed E-state index contributed by atoms with van der Waals surface area (Å²) in [5.41, 5.74) is 0.269. The maximum Gasteiger partial charge on any atom is 0.233 e. The number of guanidine groups is 1. The van der Waals surface area contributed by atoms with E-state index in [-0.39, 0.29) is 64.9 Å². The molecule has 26 heavy (non-hydrogen) atoms. The maximum atomic E-state index is 12.6. The number of likely N-dealkylation sites (tertiary alicyclic amines) is 1. The molecule has 0 aromatic heterocycles. The molecule has 7 heteroatoms. The molecule has 1 saturated carbocycles. The number of fused-ring (bicyclic) bond motifs is 5. The van der Waals surface area contributed by atoms with Crippen LogP contribution in [0.25, 0.3) is 0 Å². The molecule has 2 fully saturated rings. The third kappa shape index (κ3) is 4.23. The van der Waals surface area contributed by atoms with Gasteiger partial charge in [-0.3, -0.25) is 19.5 Å². The molecule has 4 unspecified atom stereocenters. The first-order chi connectivity index (χ1) is 11.8. The van der Waals surface area contributed by atoms with Gasteiger partial charge in [0.25, 0.3) is 0 Å². The Morgan fingerprint density at radius 1 is 1.12 bits per heavy atom. The number of rotatable bonds is 5. The normalized spacial score (nSPS) is 29.8. The standard InChI is InChI=1S/C19H30N4O2.HI/c1-19(2,3)7-8-21-18(20-4)22-9-10-23-16(24)14-12-5-6-13(11-12)15(14)17(23)25;/h5-6,12-15H,7-11H2,1-4H3,(H2,20,21,22);1H. The molecule has 0 aromatic carbocycles. The molecule has 1 aliphatic heterocycles. The van der Waals surface area contributed by atoms with Crippen molar-refractivity contribution < 1.29 is 9.59 Å². The van der Waals surface area contributed by atoms with Gasteiger partial charge in [0.05, 0.1) is 11.8 Å². The molecule has 1 saturated heterocycles. The van der Waals surface area contributed by atoms with Crippen molar-refractivity contribution in [3.05, 3.63) is 12.2 Å². The number of nitrogens with one attached hydrogen (secondary N) is 2. The van der Waals surface area contributed by atoms with Crippen LogP contribution in [0.3, 0.4) is 0 Å². The van der Waals surface area contributed by atoms with Crippen molar-refractivity contribution in [1.29, 1.82) is 0 Å². The zero-order valence-electron chi connectivity index (χ0n) is 16.1. The van der Waals surface area contributed by atoms with E-state index in [1.54, 1.807) is 7.05 Å². The Kier molecular flexibility index (Phi) is 6.74. The number of hydrogen-bond acceptors (Lipinski definition) is 3. The highest BCUT2D eigenvalue weighted by Gasteiger charge is 2.58. The monoisotopic (exact) mass is 474 g/mol. The summed E-state index contributed by atoms with van der Waals surface area (Å²) in [5, 5.41) is 6.48. The van der Waals surface area contributed by atoms with Gasteiger partial charge in [0.2, 0.25) is 11.8 Å². The summed E-state index contributed by atoms with van der Waals surface area (Å²) >= 11 is 0. The number of halogens is 1. The van der Waals surface area contributed by atoms with E-state index < -0.39 is 0 Å². The van der Waals surface area contributed by atoms with Crippen LogP contribution in [-0.4, -0.2) is 49.4 Å². The number of allylic oxidation sites excluding steroid dienone is 2. The highest BCUT2D eigenvalue weighted by atomic mass is 127. The molecular weight excluding hydrogens is 443 g/mol. The largest absolute Gasteiger partial charge is 0.356 e. The minimum absolute atomic E-state index is 0. The number of nitrogens with zero attached hydrogens (tertiary/aromatic N) is 2. The number of hydrogen-bond donors (Lipinski definition) is 2. The molecular formula is C19H31IN4O2. The van der Waals surface area contributed by atoms with E-state index >= 15 is 0 Å². The van der Waals surface area contributed by atoms with Gasteiger partial charge in [0.1, 0.15) is 0 Å². The van der Waals surface area contributed by atoms with Crippen LogP contribution in [0, 0.1) is 29.1 Å². The predicted molar refractivity (Wildman–Crippen MR) is 113 cm³/mol. The van der Waals surface area contributed by atoms with E-state index in [0.717, 1.165) is 19.4 Å². The van der Waals surface area contributed by atoms with Gasteiger partial charge in [-0.1, -0.05) is 32.9 Å². The molecule has 0 aromatic rings. The first-order valence-electron chi connectivity index (χ1n) is 9.30. The van der Waals surface area contributed by atoms with E-state index in [9.17, 15) is 9.59 Å². The molecule has 0 spiro atoms. The number of carbonyl (C=O) groups is 2. The van der Waals surface area contributed by atoms with Crippen LogP contribution in [0.1, 0.15) is 33.6 Å². The Balaban J connectivity index is 0.00000243. The van der Waals surface area contributed by atoms with Crippen molar-refractivity contribution >= 4 is 41.8 Å². The lowest BCUT2D eigenvalue weighted by Gasteiger charge is -2.21. The van der Waals surface area contributed by atoms with Gasteiger partial charge in [-0.25, -0.2) is 0 Å². The second-order valence-corrected chi connectivity index (χ2v) is 8.56. The zero-order chi connectivity index (χ0) is 18.2. The van der Waals surface area contributed by atoms with Crippen LogP contribution in [0.15, 0.2) is 17.1 Å². The van der Waals surface area contributed by atoms with Crippen molar-refractivity contribution in [2.45, 2.75) is 33.6 Å². The minimum atomic E-state index is -0.105. The highest BCUT2D eigenvalue weighted by molar-refractivity contribution is 14.0. The summed E-state index contributed by atoms with van der Waals surface area (Å²) in [6, 6.07) is 0. The second kappa shape index (κ2) is 8.27. The fourth-order valence-corrected chi connectivity index (χ4v) is 4.25. The summed E-state index contributed by atoms with van der Waals surface area (Å²) in [6.07, 6.45) is 6.26. The van der Waals surface area contributed by atoms with Crippen molar-refractivity contribution in [2.24, 2.45) is 34.1 Å². The van der Waals surface area contributed by atoms with E-state index in [1.165, 1.54) is 4.90 Å².